The molecule has 0 bridgehead atoms. The smallest absolute Gasteiger partial charge is 0.348 e. The number of piperidine rings is 1. The fourth-order valence-electron chi connectivity index (χ4n) is 3.04. The van der Waals surface area contributed by atoms with Gasteiger partial charge in [-0.1, -0.05) is 17.7 Å². The van der Waals surface area contributed by atoms with Crippen molar-refractivity contribution in [1.29, 1.82) is 0 Å². The minimum atomic E-state index is -0.584. The highest BCUT2D eigenvalue weighted by Crippen LogP contribution is 2.33. The van der Waals surface area contributed by atoms with E-state index in [0.29, 0.717) is 37.4 Å². The molecule has 0 atom stereocenters. The Kier molecular flexibility index (Phi) is 5.70. The lowest BCUT2D eigenvalue weighted by atomic mass is 9.95. The van der Waals surface area contributed by atoms with Gasteiger partial charge in [-0.05, 0) is 25.0 Å². The molecular weight excluding hydrogens is 374 g/mol. The van der Waals surface area contributed by atoms with E-state index in [1.54, 1.807) is 36.3 Å². The number of benzene rings is 1. The number of nitrogens with one attached hydrogen (secondary N) is 1. The average Bonchev–Trinajstić information content (AvgIpc) is 2.67. The molecule has 0 saturated carbocycles. The molecular formula is C17H18ClN5O4. The Labute approximate surface area is 160 Å². The first-order valence-corrected chi connectivity index (χ1v) is 8.72. The summed E-state index contributed by atoms with van der Waals surface area (Å²) in [5, 5.41) is 13.9. The molecule has 2 aromatic rings. The fraction of sp³-hybridized carbons (Fsp3) is 0.353. The maximum absolute atomic E-state index is 12.5. The van der Waals surface area contributed by atoms with E-state index < -0.39 is 4.92 Å². The zero-order valence-corrected chi connectivity index (χ0v) is 15.3. The zero-order valence-electron chi connectivity index (χ0n) is 14.6. The summed E-state index contributed by atoms with van der Waals surface area (Å²) in [4.78, 5) is 32.6. The lowest BCUT2D eigenvalue weighted by molar-refractivity contribution is -0.384. The average molecular weight is 392 g/mol. The van der Waals surface area contributed by atoms with Crippen LogP contribution in [0.5, 0.6) is 5.75 Å². The first-order valence-electron chi connectivity index (χ1n) is 8.34. The maximum Gasteiger partial charge on any atom is 0.348 e. The number of hydrogen-bond acceptors (Lipinski definition) is 7. The van der Waals surface area contributed by atoms with E-state index in [0.717, 1.165) is 0 Å². The summed E-state index contributed by atoms with van der Waals surface area (Å²) < 4.78 is 5.15. The van der Waals surface area contributed by atoms with Crippen molar-refractivity contribution in [3.05, 3.63) is 45.9 Å². The number of anilines is 2. The van der Waals surface area contributed by atoms with E-state index >= 15 is 0 Å². The molecule has 1 aromatic heterocycles. The molecule has 1 N–H and O–H groups in total. The van der Waals surface area contributed by atoms with E-state index in [-0.39, 0.29) is 28.5 Å². The Bertz CT molecular complexity index is 855. The summed E-state index contributed by atoms with van der Waals surface area (Å²) in [5.41, 5.74) is 0.360. The molecule has 142 valence electrons. The van der Waals surface area contributed by atoms with Gasteiger partial charge in [-0.3, -0.25) is 14.9 Å². The van der Waals surface area contributed by atoms with Gasteiger partial charge in [0.15, 0.2) is 0 Å². The quantitative estimate of drug-likeness (QED) is 0.474. The van der Waals surface area contributed by atoms with Crippen molar-refractivity contribution in [3.8, 4) is 5.75 Å². The summed E-state index contributed by atoms with van der Waals surface area (Å²) in [6.07, 6.45) is 2.30. The minimum Gasteiger partial charge on any atom is -0.497 e. The fourth-order valence-corrected chi connectivity index (χ4v) is 3.23. The van der Waals surface area contributed by atoms with Crippen LogP contribution in [0, 0.1) is 16.0 Å². The lowest BCUT2D eigenvalue weighted by Gasteiger charge is -2.31. The van der Waals surface area contributed by atoms with E-state index in [2.05, 4.69) is 15.3 Å². The normalized spacial score (nSPS) is 14.7. The molecule has 1 amide bonds. The zero-order chi connectivity index (χ0) is 19.4. The Morgan fingerprint density at radius 1 is 1.37 bits per heavy atom. The van der Waals surface area contributed by atoms with Crippen LogP contribution in [0.1, 0.15) is 12.8 Å². The van der Waals surface area contributed by atoms with Gasteiger partial charge in [-0.25, -0.2) is 9.97 Å². The van der Waals surface area contributed by atoms with Gasteiger partial charge in [0.05, 0.1) is 12.0 Å². The van der Waals surface area contributed by atoms with Gasteiger partial charge in [-0.2, -0.15) is 0 Å². The van der Waals surface area contributed by atoms with Crippen LogP contribution in [0.15, 0.2) is 30.6 Å². The van der Waals surface area contributed by atoms with Gasteiger partial charge in [0.1, 0.15) is 12.1 Å². The van der Waals surface area contributed by atoms with Crippen LogP contribution in [0.3, 0.4) is 0 Å². The number of carbonyl (C=O) groups excluding carboxylic acids is 1. The Balaban J connectivity index is 1.64. The third-order valence-electron chi connectivity index (χ3n) is 4.44. The maximum atomic E-state index is 12.5. The summed E-state index contributed by atoms with van der Waals surface area (Å²) in [5.74, 6) is 0.573. The van der Waals surface area contributed by atoms with Gasteiger partial charge in [0.2, 0.25) is 16.9 Å². The van der Waals surface area contributed by atoms with Crippen LogP contribution in [0.25, 0.3) is 0 Å². The predicted molar refractivity (Wildman–Crippen MR) is 100 cm³/mol. The number of aromatic nitrogens is 2. The molecule has 10 heteroatoms. The number of amides is 1. The highest BCUT2D eigenvalue weighted by Gasteiger charge is 2.31. The second kappa shape index (κ2) is 8.17. The van der Waals surface area contributed by atoms with E-state index in [1.165, 1.54) is 6.33 Å². The molecule has 0 spiro atoms. The van der Waals surface area contributed by atoms with Crippen molar-refractivity contribution in [2.45, 2.75) is 12.8 Å². The van der Waals surface area contributed by atoms with Gasteiger partial charge in [0, 0.05) is 30.8 Å². The molecule has 0 radical (unpaired) electrons. The van der Waals surface area contributed by atoms with Gasteiger partial charge >= 0.3 is 5.69 Å². The standard InChI is InChI=1S/C17H18ClN5O4/c1-27-13-4-2-3-12(9-13)21-17(24)11-5-7-22(8-6-11)16-14(23(25)26)15(18)19-10-20-16/h2-4,9-11H,5-8H2,1H3,(H,21,24). The number of nitrogens with zero attached hydrogens (tertiary/aromatic N) is 4. The molecule has 3 rings (SSSR count). The molecule has 1 fully saturated rings. The van der Waals surface area contributed by atoms with E-state index in [1.807, 2.05) is 0 Å². The molecule has 27 heavy (non-hydrogen) atoms. The molecule has 2 heterocycles. The highest BCUT2D eigenvalue weighted by atomic mass is 35.5. The van der Waals surface area contributed by atoms with Gasteiger partial charge in [0.25, 0.3) is 0 Å². The van der Waals surface area contributed by atoms with Crippen LogP contribution in [0.2, 0.25) is 5.15 Å². The summed E-state index contributed by atoms with van der Waals surface area (Å²) in [7, 11) is 1.56. The van der Waals surface area contributed by atoms with Crippen molar-refractivity contribution in [2.75, 3.05) is 30.4 Å². The largest absolute Gasteiger partial charge is 0.497 e. The monoisotopic (exact) mass is 391 g/mol. The Hall–Kier alpha value is -2.94. The molecule has 9 nitrogen and oxygen atoms in total. The number of carbonyl (C=O) groups is 1. The number of rotatable bonds is 5. The van der Waals surface area contributed by atoms with E-state index in [9.17, 15) is 14.9 Å². The number of methoxy groups -OCH3 is 1. The predicted octanol–water partition coefficient (Wildman–Crippen LogP) is 2.90. The van der Waals surface area contributed by atoms with Crippen molar-refractivity contribution < 1.29 is 14.5 Å². The lowest BCUT2D eigenvalue weighted by Crippen LogP contribution is -2.39. The number of hydrogen-bond donors (Lipinski definition) is 1. The second-order valence-corrected chi connectivity index (χ2v) is 6.43. The highest BCUT2D eigenvalue weighted by molar-refractivity contribution is 6.31. The van der Waals surface area contributed by atoms with Crippen LogP contribution >= 0.6 is 11.6 Å². The van der Waals surface area contributed by atoms with Crippen molar-refractivity contribution in [3.63, 3.8) is 0 Å². The van der Waals surface area contributed by atoms with Crippen LogP contribution in [0.4, 0.5) is 17.2 Å². The second-order valence-electron chi connectivity index (χ2n) is 6.08. The number of halogens is 1. The summed E-state index contributed by atoms with van der Waals surface area (Å²) in [6, 6.07) is 7.14. The van der Waals surface area contributed by atoms with Crippen molar-refractivity contribution >= 4 is 34.7 Å². The third-order valence-corrected chi connectivity index (χ3v) is 4.72. The Morgan fingerprint density at radius 2 is 2.11 bits per heavy atom. The first kappa shape index (κ1) is 18.8. The first-order chi connectivity index (χ1) is 13.0. The van der Waals surface area contributed by atoms with Crippen LogP contribution in [-0.4, -0.2) is 41.0 Å². The molecule has 1 aliphatic rings. The van der Waals surface area contributed by atoms with E-state index in [4.69, 9.17) is 16.3 Å². The molecule has 1 aliphatic heterocycles. The Morgan fingerprint density at radius 3 is 2.78 bits per heavy atom. The van der Waals surface area contributed by atoms with Crippen LogP contribution < -0.4 is 15.0 Å². The van der Waals surface area contributed by atoms with Gasteiger partial charge in [-0.15, -0.1) is 0 Å². The number of nitro groups is 1. The molecule has 0 unspecified atom stereocenters. The molecule has 1 aromatic carbocycles. The van der Waals surface area contributed by atoms with Crippen molar-refractivity contribution in [1.82, 2.24) is 9.97 Å². The number of ether oxygens (including phenoxy) is 1. The SMILES string of the molecule is COc1cccc(NC(=O)C2CCN(c3ncnc(Cl)c3[N+](=O)[O-])CC2)c1. The summed E-state index contributed by atoms with van der Waals surface area (Å²) >= 11 is 5.84. The third kappa shape index (κ3) is 4.25. The molecule has 1 saturated heterocycles. The molecule has 0 aliphatic carbocycles. The van der Waals surface area contributed by atoms with Crippen LogP contribution in [-0.2, 0) is 4.79 Å². The van der Waals surface area contributed by atoms with Gasteiger partial charge < -0.3 is 15.0 Å². The topological polar surface area (TPSA) is 110 Å². The summed E-state index contributed by atoms with van der Waals surface area (Å²) in [6.45, 7) is 0.925. The van der Waals surface area contributed by atoms with Crippen molar-refractivity contribution in [2.24, 2.45) is 5.92 Å². The minimum absolute atomic E-state index is 0.0851.